The van der Waals surface area contributed by atoms with Crippen LogP contribution in [0.1, 0.15) is 38.4 Å². The Morgan fingerprint density at radius 2 is 2.41 bits per heavy atom. The summed E-state index contributed by atoms with van der Waals surface area (Å²) >= 11 is 0. The molecule has 1 aliphatic heterocycles. The summed E-state index contributed by atoms with van der Waals surface area (Å²) in [5.74, 6) is 0.896. The molecule has 2 heterocycles. The van der Waals surface area contributed by atoms with E-state index in [0.29, 0.717) is 0 Å². The van der Waals surface area contributed by atoms with E-state index >= 15 is 0 Å². The van der Waals surface area contributed by atoms with Crippen molar-refractivity contribution in [1.29, 1.82) is 0 Å². The highest BCUT2D eigenvalue weighted by molar-refractivity contribution is 4.81. The van der Waals surface area contributed by atoms with Crippen LogP contribution in [0.4, 0.5) is 0 Å². The Kier molecular flexibility index (Phi) is 4.88. The normalized spacial score (nSPS) is 20.6. The molecule has 0 saturated carbocycles. The minimum Gasteiger partial charge on any atom is -0.376 e. The number of nitrogens with zero attached hydrogens (tertiary/aromatic N) is 4. The van der Waals surface area contributed by atoms with Crippen LogP contribution in [-0.2, 0) is 17.8 Å². The molecule has 0 spiro atoms. The fourth-order valence-electron chi connectivity index (χ4n) is 2.01. The second kappa shape index (κ2) is 6.66. The first-order valence-electron chi connectivity index (χ1n) is 6.47. The van der Waals surface area contributed by atoms with Gasteiger partial charge >= 0.3 is 0 Å². The lowest BCUT2D eigenvalue weighted by molar-refractivity contribution is 0.00314. The van der Waals surface area contributed by atoms with Crippen molar-refractivity contribution in [1.82, 2.24) is 25.5 Å². The van der Waals surface area contributed by atoms with E-state index in [2.05, 4.69) is 27.8 Å². The van der Waals surface area contributed by atoms with E-state index in [1.165, 1.54) is 12.8 Å². The molecule has 0 bridgehead atoms. The van der Waals surface area contributed by atoms with Crippen LogP contribution >= 0.6 is 0 Å². The number of aromatic nitrogens is 4. The monoisotopic (exact) mass is 239 g/mol. The van der Waals surface area contributed by atoms with Gasteiger partial charge in [-0.15, -0.1) is 5.10 Å². The third kappa shape index (κ3) is 3.74. The van der Waals surface area contributed by atoms with Gasteiger partial charge in [0.25, 0.3) is 0 Å². The Labute approximate surface area is 102 Å². The maximum atomic E-state index is 5.70. The fourth-order valence-corrected chi connectivity index (χ4v) is 2.01. The molecule has 17 heavy (non-hydrogen) atoms. The lowest BCUT2D eigenvalue weighted by Crippen LogP contribution is -2.27. The third-order valence-electron chi connectivity index (χ3n) is 2.97. The van der Waals surface area contributed by atoms with Crippen molar-refractivity contribution in [3.05, 3.63) is 5.82 Å². The summed E-state index contributed by atoms with van der Waals surface area (Å²) in [4.78, 5) is 0. The van der Waals surface area contributed by atoms with E-state index in [-0.39, 0.29) is 6.10 Å². The molecule has 1 fully saturated rings. The smallest absolute Gasteiger partial charge is 0.165 e. The van der Waals surface area contributed by atoms with Gasteiger partial charge in [0, 0.05) is 6.61 Å². The summed E-state index contributed by atoms with van der Waals surface area (Å²) in [7, 11) is 0. The van der Waals surface area contributed by atoms with Gasteiger partial charge < -0.3 is 10.1 Å². The molecule has 1 aliphatic rings. The van der Waals surface area contributed by atoms with Crippen LogP contribution in [-0.4, -0.2) is 39.5 Å². The number of nitrogens with one attached hydrogen (secondary N) is 1. The molecule has 0 aromatic carbocycles. The van der Waals surface area contributed by atoms with Crippen LogP contribution in [0.5, 0.6) is 0 Å². The van der Waals surface area contributed by atoms with Gasteiger partial charge in [0.05, 0.1) is 19.2 Å². The molecule has 0 radical (unpaired) electrons. The molecule has 6 heteroatoms. The Balaban J connectivity index is 1.84. The van der Waals surface area contributed by atoms with Gasteiger partial charge in [0.2, 0.25) is 0 Å². The highest BCUT2D eigenvalue weighted by Gasteiger charge is 2.16. The maximum Gasteiger partial charge on any atom is 0.165 e. The van der Waals surface area contributed by atoms with Crippen molar-refractivity contribution in [3.63, 3.8) is 0 Å². The average molecular weight is 239 g/mol. The van der Waals surface area contributed by atoms with E-state index in [0.717, 1.165) is 44.9 Å². The van der Waals surface area contributed by atoms with Crippen LogP contribution in [0.15, 0.2) is 0 Å². The van der Waals surface area contributed by atoms with Gasteiger partial charge in [-0.3, -0.25) is 0 Å². The van der Waals surface area contributed by atoms with Crippen LogP contribution in [0, 0.1) is 0 Å². The number of tetrazole rings is 1. The number of ether oxygens (including phenoxy) is 1. The van der Waals surface area contributed by atoms with E-state index < -0.39 is 0 Å². The Morgan fingerprint density at radius 3 is 3.18 bits per heavy atom. The number of rotatable bonds is 6. The summed E-state index contributed by atoms with van der Waals surface area (Å²) in [6.45, 7) is 5.51. The van der Waals surface area contributed by atoms with Crippen molar-refractivity contribution in [2.45, 2.75) is 51.8 Å². The maximum absolute atomic E-state index is 5.70. The standard InChI is InChI=1S/C11H21N5O/c1-2-6-12-8-11-13-14-15-16(11)9-10-5-3-4-7-17-10/h10,12H,2-9H2,1H3. The van der Waals surface area contributed by atoms with Gasteiger partial charge in [-0.2, -0.15) is 0 Å². The molecule has 6 nitrogen and oxygen atoms in total. The van der Waals surface area contributed by atoms with Gasteiger partial charge in [-0.1, -0.05) is 6.92 Å². The third-order valence-corrected chi connectivity index (χ3v) is 2.97. The molecule has 1 N–H and O–H groups in total. The van der Waals surface area contributed by atoms with Gasteiger partial charge in [-0.25, -0.2) is 4.68 Å². The molecular formula is C11H21N5O. The van der Waals surface area contributed by atoms with Crippen molar-refractivity contribution >= 4 is 0 Å². The minimum absolute atomic E-state index is 0.275. The lowest BCUT2D eigenvalue weighted by atomic mass is 10.1. The Bertz CT molecular complexity index is 321. The minimum atomic E-state index is 0.275. The summed E-state index contributed by atoms with van der Waals surface area (Å²) in [5, 5.41) is 15.1. The molecule has 1 saturated heterocycles. The highest BCUT2D eigenvalue weighted by atomic mass is 16.5. The predicted molar refractivity (Wildman–Crippen MR) is 63.4 cm³/mol. The first-order chi connectivity index (χ1) is 8.40. The molecule has 0 amide bonds. The summed E-state index contributed by atoms with van der Waals surface area (Å²) < 4.78 is 7.55. The molecular weight excluding hydrogens is 218 g/mol. The average Bonchev–Trinajstić information content (AvgIpc) is 2.79. The molecule has 1 aromatic heterocycles. The van der Waals surface area contributed by atoms with Crippen molar-refractivity contribution in [2.24, 2.45) is 0 Å². The van der Waals surface area contributed by atoms with E-state index in [1.54, 1.807) is 0 Å². The van der Waals surface area contributed by atoms with E-state index in [1.807, 2.05) is 4.68 Å². The lowest BCUT2D eigenvalue weighted by Gasteiger charge is -2.22. The second-order valence-corrected chi connectivity index (χ2v) is 4.44. The van der Waals surface area contributed by atoms with Crippen molar-refractivity contribution in [2.75, 3.05) is 13.2 Å². The first-order valence-corrected chi connectivity index (χ1v) is 6.47. The Morgan fingerprint density at radius 1 is 1.47 bits per heavy atom. The largest absolute Gasteiger partial charge is 0.376 e. The van der Waals surface area contributed by atoms with Crippen LogP contribution in [0.3, 0.4) is 0 Å². The predicted octanol–water partition coefficient (Wildman–Crippen LogP) is 0.742. The molecule has 1 atom stereocenters. The topological polar surface area (TPSA) is 64.9 Å². The zero-order valence-corrected chi connectivity index (χ0v) is 10.4. The first kappa shape index (κ1) is 12.4. The SMILES string of the molecule is CCCNCc1nnnn1CC1CCCCO1. The summed E-state index contributed by atoms with van der Waals surface area (Å²) in [5.41, 5.74) is 0. The molecule has 2 rings (SSSR count). The molecule has 0 aliphatic carbocycles. The Hall–Kier alpha value is -1.01. The zero-order chi connectivity index (χ0) is 11.9. The van der Waals surface area contributed by atoms with Crippen molar-refractivity contribution < 1.29 is 4.74 Å². The number of hydrogen-bond acceptors (Lipinski definition) is 5. The quantitative estimate of drug-likeness (QED) is 0.742. The van der Waals surface area contributed by atoms with Crippen molar-refractivity contribution in [3.8, 4) is 0 Å². The molecule has 1 aromatic rings. The van der Waals surface area contributed by atoms with Crippen LogP contribution in [0.25, 0.3) is 0 Å². The van der Waals surface area contributed by atoms with Gasteiger partial charge in [-0.05, 0) is 42.7 Å². The second-order valence-electron chi connectivity index (χ2n) is 4.44. The fraction of sp³-hybridized carbons (Fsp3) is 0.909. The summed E-state index contributed by atoms with van der Waals surface area (Å²) in [6, 6.07) is 0. The zero-order valence-electron chi connectivity index (χ0n) is 10.4. The number of hydrogen-bond donors (Lipinski definition) is 1. The highest BCUT2D eigenvalue weighted by Crippen LogP contribution is 2.14. The van der Waals surface area contributed by atoms with Crippen LogP contribution < -0.4 is 5.32 Å². The van der Waals surface area contributed by atoms with E-state index in [4.69, 9.17) is 4.74 Å². The van der Waals surface area contributed by atoms with Gasteiger partial charge in [0.15, 0.2) is 5.82 Å². The summed E-state index contributed by atoms with van der Waals surface area (Å²) in [6.07, 6.45) is 4.93. The van der Waals surface area contributed by atoms with Crippen LogP contribution in [0.2, 0.25) is 0 Å². The molecule has 96 valence electrons. The molecule has 1 unspecified atom stereocenters. The van der Waals surface area contributed by atoms with Gasteiger partial charge in [0.1, 0.15) is 0 Å². The van der Waals surface area contributed by atoms with E-state index in [9.17, 15) is 0 Å².